The van der Waals surface area contributed by atoms with Crippen LogP contribution >= 0.6 is 11.9 Å². The van der Waals surface area contributed by atoms with Crippen molar-refractivity contribution in [2.75, 3.05) is 36.3 Å². The number of piperidine rings is 1. The van der Waals surface area contributed by atoms with Gasteiger partial charge in [0.15, 0.2) is 0 Å². The quantitative estimate of drug-likeness (QED) is 0.455. The Morgan fingerprint density at radius 1 is 1.17 bits per heavy atom. The molecular weight excluding hydrogens is 382 g/mol. The second-order valence-electron chi connectivity index (χ2n) is 7.28. The largest absolute Gasteiger partial charge is 0.376 e. The number of rotatable bonds is 7. The highest BCUT2D eigenvalue weighted by atomic mass is 32.2. The Morgan fingerprint density at radius 3 is 2.69 bits per heavy atom. The Hall–Kier alpha value is -2.35. The third kappa shape index (κ3) is 4.80. The van der Waals surface area contributed by atoms with Crippen LogP contribution in [0.4, 0.5) is 11.6 Å². The molecule has 7 heteroatoms. The van der Waals surface area contributed by atoms with Crippen molar-refractivity contribution in [3.05, 3.63) is 60.4 Å². The fraction of sp³-hybridized carbons (Fsp3) is 0.364. The van der Waals surface area contributed by atoms with E-state index >= 15 is 0 Å². The number of nitrogens with one attached hydrogen (secondary N) is 1. The van der Waals surface area contributed by atoms with Gasteiger partial charge in [0.25, 0.3) is 0 Å². The van der Waals surface area contributed by atoms with Crippen LogP contribution < -0.4 is 10.2 Å². The summed E-state index contributed by atoms with van der Waals surface area (Å²) < 4.78 is 2.40. The molecule has 0 bridgehead atoms. The van der Waals surface area contributed by atoms with Gasteiger partial charge in [0.2, 0.25) is 0 Å². The summed E-state index contributed by atoms with van der Waals surface area (Å²) in [5, 5.41) is 15.6. The first kappa shape index (κ1) is 19.9. The Labute approximate surface area is 176 Å². The maximum atomic E-state index is 10.0. The molecule has 1 aliphatic rings. The maximum absolute atomic E-state index is 10.0. The number of nitrogens with zero attached hydrogens (tertiary/aromatic N) is 4. The first-order valence-electron chi connectivity index (χ1n) is 9.97. The fourth-order valence-corrected chi connectivity index (χ4v) is 4.34. The molecule has 0 atom stereocenters. The van der Waals surface area contributed by atoms with Gasteiger partial charge in [0, 0.05) is 48.8 Å². The first-order valence-corrected chi connectivity index (χ1v) is 11.1. The third-order valence-electron chi connectivity index (χ3n) is 5.38. The lowest BCUT2D eigenvalue weighted by molar-refractivity contribution is 0.289. The summed E-state index contributed by atoms with van der Waals surface area (Å²) in [5.41, 5.74) is 1.13. The van der Waals surface area contributed by atoms with Gasteiger partial charge in [-0.2, -0.15) is 0 Å². The first-order chi connectivity index (χ1) is 14.3. The molecule has 1 fully saturated rings. The van der Waals surface area contributed by atoms with Crippen LogP contribution in [-0.2, 0) is 6.54 Å². The van der Waals surface area contributed by atoms with E-state index in [9.17, 15) is 5.11 Å². The van der Waals surface area contributed by atoms with Gasteiger partial charge in [-0.25, -0.2) is 9.97 Å². The number of benzene rings is 1. The lowest BCUT2D eigenvalue weighted by atomic mass is 10.1. The van der Waals surface area contributed by atoms with E-state index in [0.717, 1.165) is 53.9 Å². The zero-order valence-corrected chi connectivity index (χ0v) is 17.5. The zero-order valence-electron chi connectivity index (χ0n) is 16.7. The molecule has 6 nitrogen and oxygen atoms in total. The van der Waals surface area contributed by atoms with Gasteiger partial charge in [-0.15, -0.1) is 0 Å². The Kier molecular flexibility index (Phi) is 6.49. The molecule has 2 aromatic heterocycles. The molecule has 0 saturated carbocycles. The molecule has 1 aliphatic heterocycles. The van der Waals surface area contributed by atoms with Crippen molar-refractivity contribution in [3.8, 4) is 0 Å². The summed E-state index contributed by atoms with van der Waals surface area (Å²) in [6.07, 6.45) is 8.01. The summed E-state index contributed by atoms with van der Waals surface area (Å²) in [5.74, 6) is 1.64. The second-order valence-corrected chi connectivity index (χ2v) is 8.16. The van der Waals surface area contributed by atoms with E-state index in [1.54, 1.807) is 6.20 Å². The van der Waals surface area contributed by atoms with E-state index in [-0.39, 0.29) is 6.73 Å². The van der Waals surface area contributed by atoms with Crippen LogP contribution in [0.15, 0.2) is 54.9 Å². The topological polar surface area (TPSA) is 64.5 Å². The van der Waals surface area contributed by atoms with E-state index in [1.165, 1.54) is 0 Å². The van der Waals surface area contributed by atoms with Crippen molar-refractivity contribution in [1.82, 2.24) is 14.3 Å². The monoisotopic (exact) mass is 409 g/mol. The number of aromatic nitrogens is 2. The van der Waals surface area contributed by atoms with Gasteiger partial charge in [-0.05, 0) is 36.8 Å². The SMILES string of the molecule is CSN1CCC(Nc2cc3c(N(CO)Cc4ccccc4)nccc3cn2)CC1. The van der Waals surface area contributed by atoms with Crippen molar-refractivity contribution in [2.45, 2.75) is 25.4 Å². The van der Waals surface area contributed by atoms with Crippen molar-refractivity contribution >= 4 is 34.4 Å². The number of anilines is 2. The number of fused-ring (bicyclic) bond motifs is 1. The van der Waals surface area contributed by atoms with E-state index in [4.69, 9.17) is 0 Å². The predicted octanol–water partition coefficient (Wildman–Crippen LogP) is 3.74. The molecule has 2 N–H and O–H groups in total. The summed E-state index contributed by atoms with van der Waals surface area (Å²) in [6, 6.07) is 14.6. The molecular formula is C22H27N5OS. The van der Waals surface area contributed by atoms with Crippen molar-refractivity contribution < 1.29 is 5.11 Å². The number of aliphatic hydroxyl groups excluding tert-OH is 1. The number of hydrogen-bond donors (Lipinski definition) is 2. The molecule has 0 radical (unpaired) electrons. The van der Waals surface area contributed by atoms with Gasteiger partial charge in [0.05, 0.1) is 0 Å². The minimum atomic E-state index is -0.0980. The van der Waals surface area contributed by atoms with Crippen LogP contribution in [0.3, 0.4) is 0 Å². The van der Waals surface area contributed by atoms with Gasteiger partial charge in [0.1, 0.15) is 18.4 Å². The molecule has 3 aromatic rings. The Balaban J connectivity index is 1.57. The minimum absolute atomic E-state index is 0.0980. The standard InChI is InChI=1S/C22H27N5OS/c1-29-27-11-8-19(9-12-27)25-21-13-20-18(14-24-21)7-10-23-22(20)26(16-28)15-17-5-3-2-4-6-17/h2-7,10,13-14,19,28H,8-9,11-12,15-16H2,1H3,(H,24,25). The highest BCUT2D eigenvalue weighted by Crippen LogP contribution is 2.28. The fourth-order valence-electron chi connectivity index (χ4n) is 3.77. The molecule has 152 valence electrons. The molecule has 0 aliphatic carbocycles. The van der Waals surface area contributed by atoms with Crippen LogP contribution in [0.25, 0.3) is 10.8 Å². The van der Waals surface area contributed by atoms with Crippen molar-refractivity contribution in [1.29, 1.82) is 0 Å². The molecule has 1 aromatic carbocycles. The number of hydrogen-bond acceptors (Lipinski definition) is 7. The van der Waals surface area contributed by atoms with Gasteiger partial charge in [-0.1, -0.05) is 42.3 Å². The van der Waals surface area contributed by atoms with Gasteiger partial charge in [-0.3, -0.25) is 4.31 Å². The molecule has 0 spiro atoms. The maximum Gasteiger partial charge on any atom is 0.138 e. The summed E-state index contributed by atoms with van der Waals surface area (Å²) in [4.78, 5) is 11.1. The molecule has 0 unspecified atom stereocenters. The number of pyridine rings is 2. The zero-order chi connectivity index (χ0) is 20.1. The van der Waals surface area contributed by atoms with Crippen LogP contribution in [0.2, 0.25) is 0 Å². The van der Waals surface area contributed by atoms with E-state index in [1.807, 2.05) is 47.3 Å². The van der Waals surface area contributed by atoms with Crippen molar-refractivity contribution in [2.24, 2.45) is 0 Å². The lowest BCUT2D eigenvalue weighted by Crippen LogP contribution is -2.35. The average molecular weight is 410 g/mol. The highest BCUT2D eigenvalue weighted by Gasteiger charge is 2.19. The smallest absolute Gasteiger partial charge is 0.138 e. The van der Waals surface area contributed by atoms with Crippen LogP contribution in [0.5, 0.6) is 0 Å². The molecule has 0 amide bonds. The van der Waals surface area contributed by atoms with E-state index in [2.05, 4.69) is 44.0 Å². The Morgan fingerprint density at radius 2 is 1.97 bits per heavy atom. The lowest BCUT2D eigenvalue weighted by Gasteiger charge is -2.31. The van der Waals surface area contributed by atoms with Crippen molar-refractivity contribution in [3.63, 3.8) is 0 Å². The van der Waals surface area contributed by atoms with Crippen LogP contribution in [0, 0.1) is 0 Å². The molecule has 3 heterocycles. The summed E-state index contributed by atoms with van der Waals surface area (Å²) in [6.45, 7) is 2.68. The van der Waals surface area contributed by atoms with Crippen LogP contribution in [0.1, 0.15) is 18.4 Å². The molecule has 29 heavy (non-hydrogen) atoms. The summed E-state index contributed by atoms with van der Waals surface area (Å²) >= 11 is 1.82. The number of aliphatic hydroxyl groups is 1. The predicted molar refractivity (Wildman–Crippen MR) is 121 cm³/mol. The average Bonchev–Trinajstić information content (AvgIpc) is 2.78. The van der Waals surface area contributed by atoms with E-state index < -0.39 is 0 Å². The van der Waals surface area contributed by atoms with E-state index in [0.29, 0.717) is 12.6 Å². The van der Waals surface area contributed by atoms with Crippen LogP contribution in [-0.4, -0.2) is 51.5 Å². The molecule has 1 saturated heterocycles. The second kappa shape index (κ2) is 9.43. The third-order valence-corrected chi connectivity index (χ3v) is 6.26. The summed E-state index contributed by atoms with van der Waals surface area (Å²) in [7, 11) is 0. The normalized spacial score (nSPS) is 15.5. The minimum Gasteiger partial charge on any atom is -0.376 e. The highest BCUT2D eigenvalue weighted by molar-refractivity contribution is 7.96. The van der Waals surface area contributed by atoms with Gasteiger partial charge >= 0.3 is 0 Å². The Bertz CT molecular complexity index is 931. The molecule has 4 rings (SSSR count). The van der Waals surface area contributed by atoms with Gasteiger partial charge < -0.3 is 15.3 Å².